The lowest BCUT2D eigenvalue weighted by molar-refractivity contribution is -0.384. The number of aromatic amines is 1. The summed E-state index contributed by atoms with van der Waals surface area (Å²) in [5.41, 5.74) is 4.69. The third-order valence-corrected chi connectivity index (χ3v) is 17.2. The van der Waals surface area contributed by atoms with E-state index in [4.69, 9.17) is 9.47 Å². The van der Waals surface area contributed by atoms with Gasteiger partial charge < -0.3 is 35.1 Å². The number of nitrogens with zero attached hydrogens (tertiary/aromatic N) is 4. The topological polar surface area (TPSA) is 204 Å². The van der Waals surface area contributed by atoms with Gasteiger partial charge in [0.1, 0.15) is 28.6 Å². The van der Waals surface area contributed by atoms with Gasteiger partial charge >= 0.3 is 0 Å². The number of benzene rings is 4. The first-order valence-corrected chi connectivity index (χ1v) is 27.5. The molecule has 2 aliphatic carbocycles. The number of aliphatic hydroxyl groups is 1. The molecule has 6 aromatic rings. The number of fused-ring (bicyclic) bond motifs is 1. The van der Waals surface area contributed by atoms with Crippen molar-refractivity contribution in [2.45, 2.75) is 114 Å². The standard InChI is InChI=1S/C57H70N8O8S/c1-38(2)48-8-6-7-9-49(48)39(3)64(29-26-58-35-40-10-13-45(72-5)14-11-40)44-33-57(34-44)23-27-63(28-24-57)43-12-16-50(53(31-43)73-46-30-42-20-25-59-54(42)61-37-46)55(66)62-74(70,71)47-15-17-51(52(32-47)65(68)69)60-36-41-18-21-56(4,67)22-19-41/h6-17,20,25,30-32,37-39,41,44,58,60,67H,18-19,21-24,26-29,33-36H2,1-5H3,(H,59,61)(H,62,66)/t39-,41?,56?/m1/s1. The highest BCUT2D eigenvalue weighted by Crippen LogP contribution is 2.53. The quantitative estimate of drug-likeness (QED) is 0.0275. The number of aromatic nitrogens is 2. The first-order chi connectivity index (χ1) is 35.5. The summed E-state index contributed by atoms with van der Waals surface area (Å²) in [7, 11) is -2.91. The van der Waals surface area contributed by atoms with Gasteiger partial charge in [0.05, 0.1) is 34.3 Å². The van der Waals surface area contributed by atoms with E-state index in [9.17, 15) is 28.4 Å². The van der Waals surface area contributed by atoms with E-state index >= 15 is 0 Å². The fourth-order valence-corrected chi connectivity index (χ4v) is 12.3. The number of nitrogens with one attached hydrogen (secondary N) is 4. The summed E-state index contributed by atoms with van der Waals surface area (Å²) in [6, 6.07) is 30.1. The number of anilines is 2. The predicted molar refractivity (Wildman–Crippen MR) is 289 cm³/mol. The third-order valence-electron chi connectivity index (χ3n) is 15.9. The lowest BCUT2D eigenvalue weighted by Gasteiger charge is -2.56. The number of carbonyl (C=O) groups is 1. The van der Waals surface area contributed by atoms with E-state index in [1.165, 1.54) is 35.0 Å². The second-order valence-electron chi connectivity index (χ2n) is 21.3. The number of nitro groups is 1. The molecule has 1 saturated heterocycles. The first kappa shape index (κ1) is 52.3. The van der Waals surface area contributed by atoms with Gasteiger partial charge in [0, 0.05) is 80.8 Å². The highest BCUT2D eigenvalue weighted by molar-refractivity contribution is 7.90. The van der Waals surface area contributed by atoms with Crippen molar-refractivity contribution in [1.82, 2.24) is 24.9 Å². The highest BCUT2D eigenvalue weighted by Gasteiger charge is 2.49. The Bertz CT molecular complexity index is 3040. The molecule has 0 bridgehead atoms. The number of amides is 1. The van der Waals surface area contributed by atoms with E-state index in [1.54, 1.807) is 31.5 Å². The van der Waals surface area contributed by atoms with Gasteiger partial charge in [-0.1, -0.05) is 50.2 Å². The van der Waals surface area contributed by atoms with Crippen molar-refractivity contribution in [3.8, 4) is 17.2 Å². The predicted octanol–water partition coefficient (Wildman–Crippen LogP) is 10.5. The minimum atomic E-state index is -4.59. The van der Waals surface area contributed by atoms with Crippen molar-refractivity contribution in [1.29, 1.82) is 0 Å². The van der Waals surface area contributed by atoms with Gasteiger partial charge in [0.15, 0.2) is 0 Å². The Kier molecular flexibility index (Phi) is 15.7. The van der Waals surface area contributed by atoms with Crippen LogP contribution in [-0.2, 0) is 16.6 Å². The summed E-state index contributed by atoms with van der Waals surface area (Å²) in [4.78, 5) is 37.8. The Balaban J connectivity index is 0.886. The van der Waals surface area contributed by atoms with Crippen LogP contribution in [0.5, 0.6) is 17.2 Å². The van der Waals surface area contributed by atoms with E-state index < -0.39 is 37.0 Å². The van der Waals surface area contributed by atoms with Crippen LogP contribution in [0.3, 0.4) is 0 Å². The van der Waals surface area contributed by atoms with Crippen LogP contribution < -0.4 is 29.7 Å². The zero-order valence-corrected chi connectivity index (χ0v) is 43.9. The van der Waals surface area contributed by atoms with Gasteiger partial charge in [-0.25, -0.2) is 18.1 Å². The summed E-state index contributed by atoms with van der Waals surface area (Å²) >= 11 is 0. The van der Waals surface area contributed by atoms with Crippen LogP contribution in [0.2, 0.25) is 0 Å². The molecule has 0 radical (unpaired) electrons. The molecule has 16 nitrogen and oxygen atoms in total. The fourth-order valence-electron chi connectivity index (χ4n) is 11.3. The molecule has 1 amide bonds. The molecule has 1 atom stereocenters. The zero-order chi connectivity index (χ0) is 52.2. The Morgan fingerprint density at radius 3 is 2.38 bits per heavy atom. The average molecular weight is 1030 g/mol. The van der Waals surface area contributed by atoms with E-state index in [2.05, 4.69) is 92.3 Å². The average Bonchev–Trinajstić information content (AvgIpc) is 3.86. The molecular weight excluding hydrogens is 957 g/mol. The number of hydrogen-bond acceptors (Lipinski definition) is 13. The smallest absolute Gasteiger partial charge is 0.293 e. The first-order valence-electron chi connectivity index (χ1n) is 26.0. The number of hydrogen-bond donors (Lipinski definition) is 5. The molecule has 0 unspecified atom stereocenters. The van der Waals surface area contributed by atoms with Crippen LogP contribution in [0.4, 0.5) is 17.1 Å². The normalized spacial score (nSPS) is 19.4. The lowest BCUT2D eigenvalue weighted by Crippen LogP contribution is -2.56. The van der Waals surface area contributed by atoms with Crippen molar-refractivity contribution in [2.24, 2.45) is 11.3 Å². The van der Waals surface area contributed by atoms with Gasteiger partial charge in [0.2, 0.25) is 0 Å². The maximum absolute atomic E-state index is 14.1. The van der Waals surface area contributed by atoms with Crippen molar-refractivity contribution in [3.05, 3.63) is 142 Å². The molecule has 4 aromatic carbocycles. The van der Waals surface area contributed by atoms with Gasteiger partial charge in [-0.3, -0.25) is 19.8 Å². The number of rotatable bonds is 20. The Hall–Kier alpha value is -6.53. The molecule has 3 fully saturated rings. The van der Waals surface area contributed by atoms with Crippen LogP contribution >= 0.6 is 0 Å². The minimum Gasteiger partial charge on any atom is -0.497 e. The summed E-state index contributed by atoms with van der Waals surface area (Å²) in [5, 5.41) is 30.2. The second kappa shape index (κ2) is 22.1. The summed E-state index contributed by atoms with van der Waals surface area (Å²) in [6.45, 7) is 13.3. The SMILES string of the molecule is COc1ccc(CNCCN(C2CC3(CCN(c4ccc(C(=O)NS(=O)(=O)c5ccc(NCC6CCC(C)(O)CC6)c([N+](=O)[O-])c5)c(Oc5cnc6[nH]ccc6c5)c4)CC3)C2)[C@H](C)c2ccccc2C(C)C)cc1. The largest absolute Gasteiger partial charge is 0.497 e. The van der Waals surface area contributed by atoms with Crippen LogP contribution in [0.25, 0.3) is 11.0 Å². The monoisotopic (exact) mass is 1030 g/mol. The van der Waals surface area contributed by atoms with E-state index in [0.717, 1.165) is 94.1 Å². The Labute approximate surface area is 434 Å². The number of piperidine rings is 1. The zero-order valence-electron chi connectivity index (χ0n) is 43.1. The Morgan fingerprint density at radius 1 is 0.946 bits per heavy atom. The van der Waals surface area contributed by atoms with E-state index in [0.29, 0.717) is 42.7 Å². The number of H-pyrrole nitrogens is 1. The molecule has 3 aliphatic rings. The van der Waals surface area contributed by atoms with Gasteiger partial charge in [-0.05, 0) is 148 Å². The molecule has 5 N–H and O–H groups in total. The number of ether oxygens (including phenoxy) is 2. The maximum Gasteiger partial charge on any atom is 0.293 e. The number of carbonyl (C=O) groups excluding carboxylic acids is 1. The van der Waals surface area contributed by atoms with Crippen LogP contribution in [-0.4, -0.2) is 90.7 Å². The fraction of sp³-hybridized carbons (Fsp3) is 0.439. The van der Waals surface area contributed by atoms with Gasteiger partial charge in [-0.15, -0.1) is 0 Å². The van der Waals surface area contributed by atoms with Crippen LogP contribution in [0.15, 0.2) is 114 Å². The van der Waals surface area contributed by atoms with Gasteiger partial charge in [-0.2, -0.15) is 0 Å². The maximum atomic E-state index is 14.1. The number of sulfonamides is 1. The number of nitro benzene ring substituents is 1. The van der Waals surface area contributed by atoms with Crippen LogP contribution in [0.1, 0.15) is 118 Å². The van der Waals surface area contributed by atoms with Crippen molar-refractivity contribution in [3.63, 3.8) is 0 Å². The summed E-state index contributed by atoms with van der Waals surface area (Å²) < 4.78 is 41.6. The summed E-state index contributed by atoms with van der Waals surface area (Å²) in [5.74, 6) is 0.999. The summed E-state index contributed by atoms with van der Waals surface area (Å²) in [6.07, 6.45) is 10.3. The third kappa shape index (κ3) is 12.0. The molecule has 1 spiro atoms. The molecule has 1 aliphatic heterocycles. The van der Waals surface area contributed by atoms with Crippen molar-refractivity contribution >= 4 is 44.0 Å². The van der Waals surface area contributed by atoms with E-state index in [-0.39, 0.29) is 34.4 Å². The molecule has 17 heteroatoms. The van der Waals surface area contributed by atoms with Crippen molar-refractivity contribution in [2.75, 3.05) is 50.1 Å². The molecule has 392 valence electrons. The lowest BCUT2D eigenvalue weighted by atomic mass is 9.59. The molecule has 74 heavy (non-hydrogen) atoms. The molecule has 9 rings (SSSR count). The van der Waals surface area contributed by atoms with Crippen molar-refractivity contribution < 1.29 is 32.7 Å². The van der Waals surface area contributed by atoms with Crippen LogP contribution in [0, 0.1) is 21.4 Å². The van der Waals surface area contributed by atoms with Gasteiger partial charge in [0.25, 0.3) is 21.6 Å². The number of methoxy groups -OCH3 is 1. The molecular formula is C57H70N8O8S. The Morgan fingerprint density at radius 2 is 1.68 bits per heavy atom. The highest BCUT2D eigenvalue weighted by atomic mass is 32.2. The molecule has 3 heterocycles. The second-order valence-corrected chi connectivity index (χ2v) is 23.0. The number of pyridine rings is 1. The van der Waals surface area contributed by atoms with E-state index in [1.807, 2.05) is 31.2 Å². The molecule has 2 aromatic heterocycles. The minimum absolute atomic E-state index is 0.0345. The molecule has 2 saturated carbocycles.